The molecule has 1 saturated heterocycles. The van der Waals surface area contributed by atoms with Gasteiger partial charge in [-0.3, -0.25) is 4.79 Å². The van der Waals surface area contributed by atoms with Gasteiger partial charge in [-0.1, -0.05) is 36.8 Å². The van der Waals surface area contributed by atoms with Crippen LogP contribution in [0.25, 0.3) is 0 Å². The molecule has 31 heavy (non-hydrogen) atoms. The number of aryl methyl sites for hydroxylation is 1. The molecule has 0 bridgehead atoms. The highest BCUT2D eigenvalue weighted by Gasteiger charge is 2.21. The summed E-state index contributed by atoms with van der Waals surface area (Å²) in [7, 11) is 1.57. The molecule has 0 spiro atoms. The van der Waals surface area contributed by atoms with Crippen LogP contribution in [0.3, 0.4) is 0 Å². The summed E-state index contributed by atoms with van der Waals surface area (Å²) in [6.45, 7) is 5.93. The largest absolute Gasteiger partial charge is 0.493 e. The van der Waals surface area contributed by atoms with Crippen LogP contribution in [0.5, 0.6) is 11.5 Å². The van der Waals surface area contributed by atoms with E-state index in [4.69, 9.17) is 33.3 Å². The molecule has 3 rings (SSSR count). The molecular formula is C23H26BrClN2O3S. The summed E-state index contributed by atoms with van der Waals surface area (Å²) in [6, 6.07) is 9.13. The number of halogens is 2. The lowest BCUT2D eigenvalue weighted by molar-refractivity contribution is -0.118. The van der Waals surface area contributed by atoms with Gasteiger partial charge < -0.3 is 19.7 Å². The van der Waals surface area contributed by atoms with Crippen molar-refractivity contribution in [3.05, 3.63) is 51.0 Å². The third-order valence-corrected chi connectivity index (χ3v) is 6.84. The van der Waals surface area contributed by atoms with Gasteiger partial charge in [0.05, 0.1) is 11.6 Å². The van der Waals surface area contributed by atoms with Gasteiger partial charge in [-0.25, -0.2) is 0 Å². The Bertz CT molecular complexity index is 978. The first-order valence-corrected chi connectivity index (χ1v) is 11.7. The molecule has 1 aliphatic heterocycles. The van der Waals surface area contributed by atoms with Crippen LogP contribution >= 0.6 is 39.7 Å². The molecule has 8 heteroatoms. The highest BCUT2D eigenvalue weighted by molar-refractivity contribution is 9.10. The minimum Gasteiger partial charge on any atom is -0.493 e. The van der Waals surface area contributed by atoms with Crippen molar-refractivity contribution in [1.82, 2.24) is 4.90 Å². The molecule has 0 unspecified atom stereocenters. The summed E-state index contributed by atoms with van der Waals surface area (Å²) in [5.41, 5.74) is 2.45. The molecule has 0 atom stereocenters. The van der Waals surface area contributed by atoms with Gasteiger partial charge in [0.15, 0.2) is 18.1 Å². The fourth-order valence-corrected chi connectivity index (χ4v) is 4.42. The maximum Gasteiger partial charge on any atom is 0.262 e. The van der Waals surface area contributed by atoms with Crippen LogP contribution < -0.4 is 14.8 Å². The summed E-state index contributed by atoms with van der Waals surface area (Å²) >= 11 is 15.4. The van der Waals surface area contributed by atoms with E-state index in [1.807, 2.05) is 25.1 Å². The number of hydrogen-bond donors (Lipinski definition) is 1. The first kappa shape index (κ1) is 23.8. The Balaban J connectivity index is 1.67. The molecule has 1 N–H and O–H groups in total. The van der Waals surface area contributed by atoms with Gasteiger partial charge in [-0.2, -0.15) is 0 Å². The van der Waals surface area contributed by atoms with E-state index < -0.39 is 0 Å². The van der Waals surface area contributed by atoms with E-state index >= 15 is 0 Å². The number of piperidine rings is 1. The van der Waals surface area contributed by atoms with E-state index in [0.29, 0.717) is 26.7 Å². The average molecular weight is 526 g/mol. The topological polar surface area (TPSA) is 50.8 Å². The predicted molar refractivity (Wildman–Crippen MR) is 133 cm³/mol. The smallest absolute Gasteiger partial charge is 0.262 e. The zero-order chi connectivity index (χ0) is 22.5. The third kappa shape index (κ3) is 6.11. The Morgan fingerprint density at radius 2 is 2.00 bits per heavy atom. The number of thiocarbonyl (C=S) groups is 1. The molecule has 1 aliphatic rings. The van der Waals surface area contributed by atoms with Crippen LogP contribution in [0, 0.1) is 12.8 Å². The number of likely N-dealkylation sites (tertiary alicyclic amines) is 1. The summed E-state index contributed by atoms with van der Waals surface area (Å²) in [5, 5.41) is 3.38. The van der Waals surface area contributed by atoms with Crippen LogP contribution in [0.2, 0.25) is 5.02 Å². The number of rotatable bonds is 6. The van der Waals surface area contributed by atoms with E-state index in [1.165, 1.54) is 0 Å². The quantitative estimate of drug-likeness (QED) is 0.480. The fraction of sp³-hybridized carbons (Fsp3) is 0.391. The van der Waals surface area contributed by atoms with Gasteiger partial charge in [0.2, 0.25) is 0 Å². The van der Waals surface area contributed by atoms with Crippen molar-refractivity contribution in [2.24, 2.45) is 5.92 Å². The second-order valence-corrected chi connectivity index (χ2v) is 9.41. The Kier molecular flexibility index (Phi) is 8.19. The third-order valence-electron chi connectivity index (χ3n) is 5.35. The number of methoxy groups -OCH3 is 1. The Labute approximate surface area is 202 Å². The van der Waals surface area contributed by atoms with Crippen molar-refractivity contribution < 1.29 is 14.3 Å². The van der Waals surface area contributed by atoms with E-state index in [0.717, 1.165) is 48.0 Å². The first-order valence-electron chi connectivity index (χ1n) is 10.1. The number of nitrogens with zero attached hydrogens (tertiary/aromatic N) is 1. The van der Waals surface area contributed by atoms with Gasteiger partial charge >= 0.3 is 0 Å². The molecular weight excluding hydrogens is 500 g/mol. The Morgan fingerprint density at radius 1 is 1.29 bits per heavy atom. The lowest BCUT2D eigenvalue weighted by Crippen LogP contribution is -2.37. The van der Waals surface area contributed by atoms with E-state index in [9.17, 15) is 4.79 Å². The van der Waals surface area contributed by atoms with E-state index in [1.54, 1.807) is 19.2 Å². The number of nitrogens with one attached hydrogen (secondary N) is 1. The number of hydrogen-bond acceptors (Lipinski definition) is 4. The molecule has 2 aromatic rings. The first-order chi connectivity index (χ1) is 14.8. The van der Waals surface area contributed by atoms with Crippen LogP contribution in [-0.2, 0) is 4.79 Å². The van der Waals surface area contributed by atoms with Crippen molar-refractivity contribution in [2.75, 3.05) is 32.1 Å². The SMILES string of the molecule is COc1cc(C(=S)N2CCC(C)CC2)cc(Br)c1OCC(=O)Nc1ccc(C)c(Cl)c1. The molecule has 0 saturated carbocycles. The second kappa shape index (κ2) is 10.7. The summed E-state index contributed by atoms with van der Waals surface area (Å²) in [6.07, 6.45) is 2.28. The van der Waals surface area contributed by atoms with Crippen molar-refractivity contribution in [1.29, 1.82) is 0 Å². The lowest BCUT2D eigenvalue weighted by Gasteiger charge is -2.32. The van der Waals surface area contributed by atoms with Crippen LogP contribution in [0.15, 0.2) is 34.8 Å². The number of benzene rings is 2. The lowest BCUT2D eigenvalue weighted by atomic mass is 9.99. The van der Waals surface area contributed by atoms with E-state index in [-0.39, 0.29) is 12.5 Å². The summed E-state index contributed by atoms with van der Waals surface area (Å²) < 4.78 is 12.0. The van der Waals surface area contributed by atoms with Crippen molar-refractivity contribution in [3.63, 3.8) is 0 Å². The molecule has 166 valence electrons. The minimum atomic E-state index is -0.295. The number of anilines is 1. The maximum absolute atomic E-state index is 12.3. The van der Waals surface area contributed by atoms with E-state index in [2.05, 4.69) is 33.1 Å². The number of ether oxygens (including phenoxy) is 2. The van der Waals surface area contributed by atoms with Gasteiger partial charge in [0.1, 0.15) is 4.99 Å². The fourth-order valence-electron chi connectivity index (χ4n) is 3.38. The maximum atomic E-state index is 12.3. The average Bonchev–Trinajstić information content (AvgIpc) is 2.75. The molecule has 0 aromatic heterocycles. The summed E-state index contributed by atoms with van der Waals surface area (Å²) in [4.78, 5) is 15.4. The number of carbonyl (C=O) groups is 1. The van der Waals surface area contributed by atoms with Gasteiger partial charge in [0, 0.05) is 29.4 Å². The van der Waals surface area contributed by atoms with Crippen molar-refractivity contribution >= 4 is 56.3 Å². The Hall–Kier alpha value is -1.83. The second-order valence-electron chi connectivity index (χ2n) is 7.76. The molecule has 0 aliphatic carbocycles. The molecule has 2 aromatic carbocycles. The molecule has 0 radical (unpaired) electrons. The van der Waals surface area contributed by atoms with Gasteiger partial charge in [-0.15, -0.1) is 0 Å². The van der Waals surface area contributed by atoms with Crippen LogP contribution in [0.1, 0.15) is 30.9 Å². The van der Waals surface area contributed by atoms with Crippen molar-refractivity contribution in [2.45, 2.75) is 26.7 Å². The zero-order valence-corrected chi connectivity index (χ0v) is 21.0. The predicted octanol–water partition coefficient (Wildman–Crippen LogP) is 5.84. The van der Waals surface area contributed by atoms with Crippen molar-refractivity contribution in [3.8, 4) is 11.5 Å². The molecule has 1 amide bonds. The van der Waals surface area contributed by atoms with Crippen LogP contribution in [0.4, 0.5) is 5.69 Å². The van der Waals surface area contributed by atoms with Gasteiger partial charge in [-0.05, 0) is 71.4 Å². The standard InChI is InChI=1S/C23H26BrClN2O3S/c1-14-6-8-27(9-7-14)23(31)16-10-18(24)22(20(11-16)29-3)30-13-21(28)26-17-5-4-15(2)19(25)12-17/h4-5,10-12,14H,6-9,13H2,1-3H3,(H,26,28). The highest BCUT2D eigenvalue weighted by Crippen LogP contribution is 2.37. The van der Waals surface area contributed by atoms with Gasteiger partial charge in [0.25, 0.3) is 5.91 Å². The summed E-state index contributed by atoms with van der Waals surface area (Å²) in [5.74, 6) is 1.41. The molecule has 1 heterocycles. The minimum absolute atomic E-state index is 0.172. The highest BCUT2D eigenvalue weighted by atomic mass is 79.9. The Morgan fingerprint density at radius 3 is 2.65 bits per heavy atom. The molecule has 1 fully saturated rings. The molecule has 5 nitrogen and oxygen atoms in total. The monoisotopic (exact) mass is 524 g/mol. The number of carbonyl (C=O) groups excluding carboxylic acids is 1. The number of amides is 1. The normalized spacial score (nSPS) is 14.3. The zero-order valence-electron chi connectivity index (χ0n) is 17.8. The van der Waals surface area contributed by atoms with Crippen LogP contribution in [-0.4, -0.2) is 42.6 Å².